The molecule has 0 radical (unpaired) electrons. The molecule has 7 heteroatoms. The molecule has 5 nitrogen and oxygen atoms in total. The first-order valence-electron chi connectivity index (χ1n) is 9.13. The monoisotopic (exact) mass is 392 g/mol. The molecule has 0 saturated heterocycles. The Labute approximate surface area is 165 Å². The van der Waals surface area contributed by atoms with Gasteiger partial charge in [0.05, 0.1) is 5.75 Å². The molecule has 0 atom stereocenters. The molecular weight excluding hydrogens is 375 g/mol. The fraction of sp³-hybridized carbons (Fsp3) is 0.190. The first-order chi connectivity index (χ1) is 13.7. The Morgan fingerprint density at radius 1 is 1.14 bits per heavy atom. The number of ketones is 1. The van der Waals surface area contributed by atoms with E-state index in [4.69, 9.17) is 0 Å². The Bertz CT molecular complexity index is 1160. The zero-order valence-corrected chi connectivity index (χ0v) is 15.7. The first-order valence-corrected chi connectivity index (χ1v) is 10.1. The van der Waals surface area contributed by atoms with E-state index in [0.717, 1.165) is 40.3 Å². The summed E-state index contributed by atoms with van der Waals surface area (Å²) < 4.78 is 15.2. The quantitative estimate of drug-likeness (QED) is 0.375. The van der Waals surface area contributed by atoms with E-state index in [2.05, 4.69) is 25.8 Å². The van der Waals surface area contributed by atoms with E-state index in [1.807, 2.05) is 24.4 Å². The molecule has 0 spiro atoms. The molecule has 2 aromatic heterocycles. The van der Waals surface area contributed by atoms with Gasteiger partial charge in [-0.3, -0.25) is 9.36 Å². The van der Waals surface area contributed by atoms with E-state index in [9.17, 15) is 9.18 Å². The summed E-state index contributed by atoms with van der Waals surface area (Å²) in [5, 5.41) is 10.7. The number of aromatic amines is 1. The summed E-state index contributed by atoms with van der Waals surface area (Å²) in [5.41, 5.74) is 2.58. The summed E-state index contributed by atoms with van der Waals surface area (Å²) >= 11 is 1.38. The van der Waals surface area contributed by atoms with Crippen LogP contribution in [-0.2, 0) is 0 Å². The molecule has 1 N–H and O–H groups in total. The number of para-hydroxylation sites is 1. The lowest BCUT2D eigenvalue weighted by atomic mass is 10.1. The summed E-state index contributed by atoms with van der Waals surface area (Å²) in [4.78, 5) is 15.7. The number of Topliss-reactive ketones (excluding diaryl/α,β-unsaturated/α-hetero) is 1. The number of rotatable bonds is 6. The lowest BCUT2D eigenvalue weighted by Crippen LogP contribution is -2.05. The molecule has 28 heavy (non-hydrogen) atoms. The van der Waals surface area contributed by atoms with Crippen LogP contribution in [0.25, 0.3) is 22.3 Å². The number of hydrogen-bond donors (Lipinski definition) is 1. The minimum atomic E-state index is -0.346. The largest absolute Gasteiger partial charge is 0.360 e. The normalized spacial score (nSPS) is 13.9. The highest BCUT2D eigenvalue weighted by Crippen LogP contribution is 2.42. The number of carbonyl (C=O) groups is 1. The molecular formula is C21H17FN4OS. The summed E-state index contributed by atoms with van der Waals surface area (Å²) in [6, 6.07) is 14.1. The number of carbonyl (C=O) groups excluding carboxylic acids is 1. The maximum atomic E-state index is 13.1. The molecule has 140 valence electrons. The Morgan fingerprint density at radius 2 is 1.93 bits per heavy atom. The van der Waals surface area contributed by atoms with Crippen LogP contribution in [0.2, 0.25) is 0 Å². The number of aromatic nitrogens is 4. The average Bonchev–Trinajstić information content (AvgIpc) is 3.33. The predicted octanol–water partition coefficient (Wildman–Crippen LogP) is 4.88. The minimum absolute atomic E-state index is 0.0519. The van der Waals surface area contributed by atoms with E-state index >= 15 is 0 Å². The maximum Gasteiger partial charge on any atom is 0.192 e. The number of benzene rings is 2. The number of hydrogen-bond acceptors (Lipinski definition) is 4. The van der Waals surface area contributed by atoms with E-state index < -0.39 is 0 Å². The maximum absolute atomic E-state index is 13.1. The number of thioether (sulfide) groups is 1. The molecule has 0 bridgehead atoms. The fourth-order valence-electron chi connectivity index (χ4n) is 3.33. The highest BCUT2D eigenvalue weighted by atomic mass is 32.2. The van der Waals surface area contributed by atoms with Crippen LogP contribution in [-0.4, -0.2) is 31.3 Å². The van der Waals surface area contributed by atoms with Gasteiger partial charge in [0.15, 0.2) is 16.8 Å². The molecule has 0 amide bonds. The summed E-state index contributed by atoms with van der Waals surface area (Å²) in [6.07, 6.45) is 4.14. The topological polar surface area (TPSA) is 63.6 Å². The van der Waals surface area contributed by atoms with Gasteiger partial charge in [0.1, 0.15) is 5.82 Å². The Kier molecular flexibility index (Phi) is 4.24. The number of H-pyrrole nitrogens is 1. The van der Waals surface area contributed by atoms with Crippen LogP contribution in [0.3, 0.4) is 0 Å². The van der Waals surface area contributed by atoms with Crippen molar-refractivity contribution in [2.24, 2.45) is 0 Å². The molecule has 0 unspecified atom stereocenters. The van der Waals surface area contributed by atoms with Crippen LogP contribution in [0.15, 0.2) is 59.9 Å². The van der Waals surface area contributed by atoms with Gasteiger partial charge in [-0.2, -0.15) is 0 Å². The third-order valence-corrected chi connectivity index (χ3v) is 5.85. The Hall–Kier alpha value is -2.93. The molecule has 4 aromatic rings. The van der Waals surface area contributed by atoms with Crippen molar-refractivity contribution in [1.82, 2.24) is 19.7 Å². The van der Waals surface area contributed by atoms with Crippen molar-refractivity contribution in [1.29, 1.82) is 0 Å². The van der Waals surface area contributed by atoms with Gasteiger partial charge in [-0.1, -0.05) is 30.0 Å². The smallest absolute Gasteiger partial charge is 0.192 e. The highest BCUT2D eigenvalue weighted by molar-refractivity contribution is 7.99. The molecule has 5 rings (SSSR count). The van der Waals surface area contributed by atoms with E-state index in [1.165, 1.54) is 36.0 Å². The van der Waals surface area contributed by atoms with Crippen LogP contribution >= 0.6 is 11.8 Å². The third kappa shape index (κ3) is 3.11. The zero-order valence-electron chi connectivity index (χ0n) is 14.9. The number of nitrogens with one attached hydrogen (secondary N) is 1. The van der Waals surface area contributed by atoms with Crippen molar-refractivity contribution in [3.05, 3.63) is 66.1 Å². The summed E-state index contributed by atoms with van der Waals surface area (Å²) in [5.74, 6) is 0.673. The van der Waals surface area contributed by atoms with Crippen molar-refractivity contribution in [2.45, 2.75) is 24.0 Å². The lowest BCUT2D eigenvalue weighted by molar-refractivity contribution is 0.102. The second-order valence-electron chi connectivity index (χ2n) is 6.87. The first kappa shape index (κ1) is 17.2. The van der Waals surface area contributed by atoms with E-state index in [0.29, 0.717) is 11.6 Å². The van der Waals surface area contributed by atoms with Gasteiger partial charge in [0, 0.05) is 34.3 Å². The van der Waals surface area contributed by atoms with Gasteiger partial charge in [0.25, 0.3) is 0 Å². The van der Waals surface area contributed by atoms with Gasteiger partial charge in [-0.25, -0.2) is 4.39 Å². The van der Waals surface area contributed by atoms with E-state index in [1.54, 1.807) is 0 Å². The second-order valence-corrected chi connectivity index (χ2v) is 7.82. The van der Waals surface area contributed by atoms with Crippen LogP contribution in [0.1, 0.15) is 29.2 Å². The molecule has 1 aliphatic rings. The van der Waals surface area contributed by atoms with Gasteiger partial charge < -0.3 is 4.98 Å². The number of fused-ring (bicyclic) bond motifs is 1. The summed E-state index contributed by atoms with van der Waals surface area (Å²) in [7, 11) is 0. The minimum Gasteiger partial charge on any atom is -0.360 e. The van der Waals surface area contributed by atoms with Crippen LogP contribution in [0, 0.1) is 5.82 Å². The van der Waals surface area contributed by atoms with Crippen molar-refractivity contribution in [2.75, 3.05) is 5.75 Å². The van der Waals surface area contributed by atoms with Gasteiger partial charge in [0.2, 0.25) is 0 Å². The standard InChI is InChI=1S/C21H17FN4OS/c22-14-7-5-13(6-8-14)19(27)12-28-21-25-24-20(26(21)15-9-10-15)17-11-23-18-4-2-1-3-16(17)18/h1-8,11,15,23H,9-10,12H2. The van der Waals surface area contributed by atoms with Crippen molar-refractivity contribution in [3.63, 3.8) is 0 Å². The molecule has 0 aliphatic heterocycles. The van der Waals surface area contributed by atoms with Crippen molar-refractivity contribution in [3.8, 4) is 11.4 Å². The molecule has 1 fully saturated rings. The second kappa shape index (κ2) is 6.91. The van der Waals surface area contributed by atoms with Crippen LogP contribution < -0.4 is 0 Å². The Morgan fingerprint density at radius 3 is 2.71 bits per heavy atom. The fourth-order valence-corrected chi connectivity index (χ4v) is 4.23. The third-order valence-electron chi connectivity index (χ3n) is 4.91. The number of halogens is 1. The zero-order chi connectivity index (χ0) is 19.1. The summed E-state index contributed by atoms with van der Waals surface area (Å²) in [6.45, 7) is 0. The highest BCUT2D eigenvalue weighted by Gasteiger charge is 2.31. The SMILES string of the molecule is O=C(CSc1nnc(-c2c[nH]c3ccccc23)n1C1CC1)c1ccc(F)cc1. The van der Waals surface area contributed by atoms with Crippen LogP contribution in [0.5, 0.6) is 0 Å². The molecule has 2 heterocycles. The molecule has 1 aliphatic carbocycles. The Balaban J connectivity index is 1.43. The van der Waals surface area contributed by atoms with Gasteiger partial charge >= 0.3 is 0 Å². The lowest BCUT2D eigenvalue weighted by Gasteiger charge is -2.08. The van der Waals surface area contributed by atoms with Gasteiger partial charge in [-0.05, 0) is 43.2 Å². The van der Waals surface area contributed by atoms with Crippen LogP contribution in [0.4, 0.5) is 4.39 Å². The molecule has 2 aromatic carbocycles. The van der Waals surface area contributed by atoms with E-state index in [-0.39, 0.29) is 17.4 Å². The van der Waals surface area contributed by atoms with Gasteiger partial charge in [-0.15, -0.1) is 10.2 Å². The average molecular weight is 392 g/mol. The van der Waals surface area contributed by atoms with Crippen molar-refractivity contribution < 1.29 is 9.18 Å². The predicted molar refractivity (Wildman–Crippen MR) is 107 cm³/mol. The van der Waals surface area contributed by atoms with Crippen molar-refractivity contribution >= 4 is 28.4 Å². The molecule has 1 saturated carbocycles. The number of nitrogens with zero attached hydrogens (tertiary/aromatic N) is 3.